The lowest BCUT2D eigenvalue weighted by Crippen LogP contribution is -2.10. The molecule has 268 valence electrons. The Morgan fingerprint density at radius 1 is 0.745 bits per heavy atom. The summed E-state index contributed by atoms with van der Waals surface area (Å²) in [7, 11) is 0. The average molecular weight is 697 g/mol. The number of aromatic nitrogens is 4. The van der Waals surface area contributed by atoms with E-state index in [9.17, 15) is 9.18 Å². The number of esters is 1. The summed E-state index contributed by atoms with van der Waals surface area (Å²) in [4.78, 5) is 12.2. The van der Waals surface area contributed by atoms with Gasteiger partial charge < -0.3 is 23.7 Å². The Hall–Kier alpha value is -5.45. The number of carbonyl (C=O) groups excluding carboxylic acids is 1. The number of hydrogen-bond acceptors (Lipinski definition) is 9. The fraction of sp³-hybridized carbons (Fsp3) is 0.350. The topological polar surface area (TPSA) is 118 Å². The average Bonchev–Trinajstić information content (AvgIpc) is 3.68. The Morgan fingerprint density at radius 2 is 1.47 bits per heavy atom. The van der Waals surface area contributed by atoms with Crippen LogP contribution in [0.2, 0.25) is 0 Å². The molecule has 0 atom stereocenters. The van der Waals surface area contributed by atoms with Gasteiger partial charge in [0.2, 0.25) is 0 Å². The van der Waals surface area contributed by atoms with Gasteiger partial charge in [0.25, 0.3) is 0 Å². The summed E-state index contributed by atoms with van der Waals surface area (Å²) in [5.74, 6) is 2.93. The molecule has 0 aliphatic heterocycles. The maximum absolute atomic E-state index is 13.8. The molecule has 0 spiro atoms. The molecule has 10 nitrogen and oxygen atoms in total. The Labute approximate surface area is 298 Å². The molecule has 0 amide bonds. The number of ether oxygens (including phenoxy) is 5. The molecular weight excluding hydrogens is 651 g/mol. The quantitative estimate of drug-likeness (QED) is 0.0604. The lowest BCUT2D eigenvalue weighted by atomic mass is 10.00. The van der Waals surface area contributed by atoms with E-state index < -0.39 is 0 Å². The number of halogens is 1. The van der Waals surface area contributed by atoms with E-state index in [1.54, 1.807) is 19.1 Å². The van der Waals surface area contributed by atoms with Gasteiger partial charge in [0, 0.05) is 36.5 Å². The van der Waals surface area contributed by atoms with Crippen molar-refractivity contribution >= 4 is 5.97 Å². The number of tetrazole rings is 1. The SMILES string of the molecule is CCOC(=O)CCc1c(OCCCCc2nnn[nH]2)cccc1OCCCOc1cc(OCc2ccccc2)c(-c2ccc(F)cc2)cc1CC. The van der Waals surface area contributed by atoms with Gasteiger partial charge in [-0.1, -0.05) is 55.5 Å². The molecule has 0 saturated heterocycles. The Kier molecular flexibility index (Phi) is 14.2. The zero-order valence-electron chi connectivity index (χ0n) is 29.2. The van der Waals surface area contributed by atoms with Crippen LogP contribution >= 0.6 is 0 Å². The monoisotopic (exact) mass is 696 g/mol. The van der Waals surface area contributed by atoms with Crippen LogP contribution in [0.5, 0.6) is 23.0 Å². The third-order valence-electron chi connectivity index (χ3n) is 8.17. The van der Waals surface area contributed by atoms with Gasteiger partial charge in [-0.3, -0.25) is 4.79 Å². The molecule has 0 aliphatic carbocycles. The van der Waals surface area contributed by atoms with Gasteiger partial charge in [0.15, 0.2) is 0 Å². The summed E-state index contributed by atoms with van der Waals surface area (Å²) >= 11 is 0. The maximum atomic E-state index is 13.8. The van der Waals surface area contributed by atoms with Gasteiger partial charge in [0.05, 0.1) is 26.4 Å². The lowest BCUT2D eigenvalue weighted by molar-refractivity contribution is -0.143. The van der Waals surface area contributed by atoms with Crippen molar-refractivity contribution in [2.45, 2.75) is 65.4 Å². The van der Waals surface area contributed by atoms with Crippen LogP contribution in [0.25, 0.3) is 11.1 Å². The number of nitrogens with one attached hydrogen (secondary N) is 1. The van der Waals surface area contributed by atoms with Crippen LogP contribution in [-0.4, -0.2) is 53.0 Å². The van der Waals surface area contributed by atoms with E-state index in [1.807, 2.05) is 54.6 Å². The van der Waals surface area contributed by atoms with Crippen molar-refractivity contribution < 1.29 is 32.9 Å². The van der Waals surface area contributed by atoms with E-state index >= 15 is 0 Å². The summed E-state index contributed by atoms with van der Waals surface area (Å²) in [6.07, 6.45) is 4.40. The van der Waals surface area contributed by atoms with Crippen LogP contribution in [0.3, 0.4) is 0 Å². The van der Waals surface area contributed by atoms with Crippen molar-refractivity contribution in [1.82, 2.24) is 20.6 Å². The van der Waals surface area contributed by atoms with Crippen LogP contribution < -0.4 is 18.9 Å². The van der Waals surface area contributed by atoms with E-state index in [4.69, 9.17) is 23.7 Å². The zero-order chi connectivity index (χ0) is 35.7. The van der Waals surface area contributed by atoms with Crippen LogP contribution in [0.15, 0.2) is 84.9 Å². The lowest BCUT2D eigenvalue weighted by Gasteiger charge is -2.18. The fourth-order valence-electron chi connectivity index (χ4n) is 5.53. The first-order valence-corrected chi connectivity index (χ1v) is 17.5. The first-order valence-electron chi connectivity index (χ1n) is 17.5. The number of benzene rings is 4. The van der Waals surface area contributed by atoms with Crippen molar-refractivity contribution in [2.24, 2.45) is 0 Å². The van der Waals surface area contributed by atoms with E-state index in [1.165, 1.54) is 12.1 Å². The third-order valence-corrected chi connectivity index (χ3v) is 8.17. The normalized spacial score (nSPS) is 10.9. The predicted octanol–water partition coefficient (Wildman–Crippen LogP) is 7.89. The molecule has 1 heterocycles. The minimum atomic E-state index is -0.290. The number of hydrogen-bond donors (Lipinski definition) is 1. The summed E-state index contributed by atoms with van der Waals surface area (Å²) in [6.45, 7) is 5.89. The molecule has 0 fully saturated rings. The Balaban J connectivity index is 1.22. The minimum Gasteiger partial charge on any atom is -0.493 e. The molecule has 1 N–H and O–H groups in total. The number of nitrogens with zero attached hydrogens (tertiary/aromatic N) is 3. The van der Waals surface area contributed by atoms with Crippen molar-refractivity contribution in [3.63, 3.8) is 0 Å². The summed E-state index contributed by atoms with van der Waals surface area (Å²) in [6, 6.07) is 26.1. The minimum absolute atomic E-state index is 0.217. The molecule has 4 aromatic carbocycles. The zero-order valence-corrected chi connectivity index (χ0v) is 29.2. The van der Waals surface area contributed by atoms with Crippen molar-refractivity contribution in [3.8, 4) is 34.1 Å². The molecule has 51 heavy (non-hydrogen) atoms. The fourth-order valence-corrected chi connectivity index (χ4v) is 5.53. The number of rotatable bonds is 21. The van der Waals surface area contributed by atoms with Gasteiger partial charge in [0.1, 0.15) is 41.2 Å². The van der Waals surface area contributed by atoms with Gasteiger partial charge in [-0.2, -0.15) is 0 Å². The first-order chi connectivity index (χ1) is 25.0. The second-order valence-electron chi connectivity index (χ2n) is 11.8. The summed E-state index contributed by atoms with van der Waals surface area (Å²) < 4.78 is 44.0. The maximum Gasteiger partial charge on any atom is 0.306 e. The molecule has 5 rings (SSSR count). The van der Waals surface area contributed by atoms with Crippen LogP contribution in [0.1, 0.15) is 62.0 Å². The number of carbonyl (C=O) groups is 1. The second-order valence-corrected chi connectivity index (χ2v) is 11.8. The molecule has 0 bridgehead atoms. The molecule has 1 aromatic heterocycles. The number of aryl methyl sites for hydroxylation is 2. The molecule has 0 aliphatic rings. The highest BCUT2D eigenvalue weighted by molar-refractivity contribution is 5.73. The van der Waals surface area contributed by atoms with E-state index in [-0.39, 0.29) is 18.2 Å². The van der Waals surface area contributed by atoms with E-state index in [0.29, 0.717) is 63.1 Å². The summed E-state index contributed by atoms with van der Waals surface area (Å²) in [5, 5.41) is 13.9. The molecule has 0 saturated carbocycles. The Morgan fingerprint density at radius 3 is 2.16 bits per heavy atom. The highest BCUT2D eigenvalue weighted by Crippen LogP contribution is 2.37. The van der Waals surface area contributed by atoms with Crippen LogP contribution in [0, 0.1) is 5.82 Å². The van der Waals surface area contributed by atoms with Crippen molar-refractivity contribution in [3.05, 3.63) is 113 Å². The molecule has 0 radical (unpaired) electrons. The number of unbranched alkanes of at least 4 members (excludes halogenated alkanes) is 1. The number of aromatic amines is 1. The first kappa shape index (κ1) is 36.8. The van der Waals surface area contributed by atoms with Crippen LogP contribution in [0.4, 0.5) is 4.39 Å². The second kappa shape index (κ2) is 19.7. The Bertz CT molecular complexity index is 1790. The van der Waals surface area contributed by atoms with Gasteiger partial charge in [-0.05, 0) is 90.1 Å². The third kappa shape index (κ3) is 11.3. The molecule has 5 aromatic rings. The number of H-pyrrole nitrogens is 1. The standard InChI is InChI=1S/C40H45FN4O6/c1-3-30-26-34(31-17-19-32(41)20-18-31)38(51-28-29-12-6-5-7-13-29)27-37(30)50-25-11-24-49-36-15-10-14-35(33(36)21-22-40(46)47-4-2)48-23-9-8-16-39-42-44-45-43-39/h5-7,10,12-15,17-20,26-27H,3-4,8-9,11,16,21-25,28H2,1-2H3,(H,42,43,44,45). The largest absolute Gasteiger partial charge is 0.493 e. The summed E-state index contributed by atoms with van der Waals surface area (Å²) in [5.41, 5.74) is 4.63. The van der Waals surface area contributed by atoms with E-state index in [2.05, 4.69) is 33.6 Å². The predicted molar refractivity (Wildman–Crippen MR) is 192 cm³/mol. The van der Waals surface area contributed by atoms with Gasteiger partial charge in [-0.15, -0.1) is 5.10 Å². The van der Waals surface area contributed by atoms with E-state index in [0.717, 1.165) is 65.1 Å². The highest BCUT2D eigenvalue weighted by Gasteiger charge is 2.16. The van der Waals surface area contributed by atoms with Crippen molar-refractivity contribution in [1.29, 1.82) is 0 Å². The molecular formula is C40H45FN4O6. The van der Waals surface area contributed by atoms with Gasteiger partial charge in [-0.25, -0.2) is 9.49 Å². The van der Waals surface area contributed by atoms with Crippen molar-refractivity contribution in [2.75, 3.05) is 26.4 Å². The van der Waals surface area contributed by atoms with Gasteiger partial charge >= 0.3 is 5.97 Å². The van der Waals surface area contributed by atoms with Crippen LogP contribution in [-0.2, 0) is 35.4 Å². The molecule has 0 unspecified atom stereocenters. The highest BCUT2D eigenvalue weighted by atomic mass is 19.1. The smallest absolute Gasteiger partial charge is 0.306 e. The molecule has 11 heteroatoms.